The van der Waals surface area contributed by atoms with E-state index >= 15 is 0 Å². The molecule has 5 N–H and O–H groups in total. The van der Waals surface area contributed by atoms with Gasteiger partial charge in [-0.2, -0.15) is 0 Å². The summed E-state index contributed by atoms with van der Waals surface area (Å²) in [5.74, 6) is 0.231. The van der Waals surface area contributed by atoms with Gasteiger partial charge in [-0.05, 0) is 55.6 Å². The van der Waals surface area contributed by atoms with Crippen LogP contribution < -0.4 is 21.7 Å². The second-order valence-electron chi connectivity index (χ2n) is 6.55. The van der Waals surface area contributed by atoms with Crippen molar-refractivity contribution < 1.29 is 9.59 Å². The lowest BCUT2D eigenvalue weighted by Crippen LogP contribution is -2.29. The first-order valence-corrected chi connectivity index (χ1v) is 8.90. The van der Waals surface area contributed by atoms with Gasteiger partial charge in [0.2, 0.25) is 5.91 Å². The molecule has 0 unspecified atom stereocenters. The third kappa shape index (κ3) is 5.70. The van der Waals surface area contributed by atoms with E-state index in [1.165, 1.54) is 0 Å². The molecule has 2 aromatic rings. The number of amides is 3. The van der Waals surface area contributed by atoms with Crippen molar-refractivity contribution in [2.24, 2.45) is 17.6 Å². The van der Waals surface area contributed by atoms with Gasteiger partial charge in [-0.3, -0.25) is 4.79 Å². The molecule has 0 aliphatic heterocycles. The highest BCUT2D eigenvalue weighted by atomic mass is 35.5. The minimum atomic E-state index is -0.335. The van der Waals surface area contributed by atoms with E-state index in [4.69, 9.17) is 5.73 Å². The molecule has 144 valence electrons. The molecule has 7 heteroatoms. The number of carbonyl (C=O) groups is 2. The lowest BCUT2D eigenvalue weighted by Gasteiger charge is -2.17. The van der Waals surface area contributed by atoms with E-state index in [0.29, 0.717) is 23.6 Å². The standard InChI is InChI=1S/C20H24N4O2.ClH/c21-13-14-6-4-11-18(14)19(25)22-16-9-5-10-17(12-16)24-20(26)23-15-7-2-1-3-8-15;/h1-3,5,7-10,12,14,18H,4,6,11,13,21H2,(H,22,25)(H2,23,24,26);1H/t14-,18-;/m1./s1. The Balaban J connectivity index is 0.00000261. The van der Waals surface area contributed by atoms with E-state index in [0.717, 1.165) is 19.3 Å². The van der Waals surface area contributed by atoms with Crippen molar-refractivity contribution in [2.75, 3.05) is 22.5 Å². The van der Waals surface area contributed by atoms with Crippen LogP contribution in [0.1, 0.15) is 19.3 Å². The molecule has 1 saturated carbocycles. The normalized spacial score (nSPS) is 18.3. The summed E-state index contributed by atoms with van der Waals surface area (Å²) in [6.45, 7) is 0.541. The van der Waals surface area contributed by atoms with Crippen molar-refractivity contribution in [3.05, 3.63) is 54.6 Å². The van der Waals surface area contributed by atoms with Crippen LogP contribution in [0.25, 0.3) is 0 Å². The zero-order chi connectivity index (χ0) is 18.4. The number of nitrogens with two attached hydrogens (primary N) is 1. The SMILES string of the molecule is Cl.NC[C@H]1CCC[C@H]1C(=O)Nc1cccc(NC(=O)Nc2ccccc2)c1. The summed E-state index contributed by atoms with van der Waals surface area (Å²) in [5, 5.41) is 8.48. The summed E-state index contributed by atoms with van der Waals surface area (Å²) in [7, 11) is 0. The molecule has 0 spiro atoms. The summed E-state index contributed by atoms with van der Waals surface area (Å²) in [6, 6.07) is 16.0. The van der Waals surface area contributed by atoms with Gasteiger partial charge < -0.3 is 21.7 Å². The molecule has 1 aliphatic carbocycles. The van der Waals surface area contributed by atoms with Gasteiger partial charge in [-0.1, -0.05) is 30.7 Å². The second kappa shape index (κ2) is 9.94. The Bertz CT molecular complexity index is 770. The van der Waals surface area contributed by atoms with Crippen LogP contribution >= 0.6 is 12.4 Å². The predicted octanol–water partition coefficient (Wildman–Crippen LogP) is 4.07. The number of hydrogen-bond acceptors (Lipinski definition) is 3. The van der Waals surface area contributed by atoms with Crippen LogP contribution in [0.3, 0.4) is 0 Å². The maximum absolute atomic E-state index is 12.5. The zero-order valence-corrected chi connectivity index (χ0v) is 15.8. The summed E-state index contributed by atoms with van der Waals surface area (Å²) in [4.78, 5) is 24.6. The molecule has 0 aromatic heterocycles. The Labute approximate surface area is 165 Å². The van der Waals surface area contributed by atoms with Crippen LogP contribution in [0, 0.1) is 11.8 Å². The fourth-order valence-electron chi connectivity index (χ4n) is 3.39. The van der Waals surface area contributed by atoms with Gasteiger partial charge in [0.1, 0.15) is 0 Å². The number of carbonyl (C=O) groups excluding carboxylic acids is 2. The van der Waals surface area contributed by atoms with E-state index < -0.39 is 0 Å². The number of para-hydroxylation sites is 1. The monoisotopic (exact) mass is 388 g/mol. The third-order valence-electron chi connectivity index (χ3n) is 4.72. The quantitative estimate of drug-likeness (QED) is 0.621. The molecule has 0 bridgehead atoms. The van der Waals surface area contributed by atoms with E-state index in [1.807, 2.05) is 36.4 Å². The zero-order valence-electron chi connectivity index (χ0n) is 15.0. The van der Waals surface area contributed by atoms with Gasteiger partial charge in [0.05, 0.1) is 0 Å². The smallest absolute Gasteiger partial charge is 0.323 e. The Kier molecular flexibility index (Phi) is 7.64. The number of nitrogens with one attached hydrogen (secondary N) is 3. The number of hydrogen-bond donors (Lipinski definition) is 4. The summed E-state index contributed by atoms with van der Waals surface area (Å²) in [6.07, 6.45) is 2.93. The van der Waals surface area contributed by atoms with E-state index in [-0.39, 0.29) is 36.2 Å². The number of rotatable bonds is 5. The molecule has 1 fully saturated rings. The van der Waals surface area contributed by atoms with Crippen LogP contribution in [-0.4, -0.2) is 18.5 Å². The van der Waals surface area contributed by atoms with Crippen LogP contribution in [-0.2, 0) is 4.79 Å². The number of anilines is 3. The van der Waals surface area contributed by atoms with Crippen molar-refractivity contribution in [1.29, 1.82) is 0 Å². The first-order chi connectivity index (χ1) is 12.7. The van der Waals surface area contributed by atoms with Crippen molar-refractivity contribution >= 4 is 41.4 Å². The van der Waals surface area contributed by atoms with Crippen molar-refractivity contribution in [2.45, 2.75) is 19.3 Å². The largest absolute Gasteiger partial charge is 0.330 e. The highest BCUT2D eigenvalue weighted by molar-refractivity contribution is 6.00. The number of halogens is 1. The summed E-state index contributed by atoms with van der Waals surface area (Å²) >= 11 is 0. The minimum Gasteiger partial charge on any atom is -0.330 e. The fourth-order valence-corrected chi connectivity index (χ4v) is 3.39. The van der Waals surface area contributed by atoms with Crippen molar-refractivity contribution in [3.63, 3.8) is 0 Å². The van der Waals surface area contributed by atoms with Gasteiger partial charge in [0.25, 0.3) is 0 Å². The highest BCUT2D eigenvalue weighted by Gasteiger charge is 2.31. The van der Waals surface area contributed by atoms with E-state index in [1.54, 1.807) is 18.2 Å². The molecule has 2 atom stereocenters. The van der Waals surface area contributed by atoms with Gasteiger partial charge in [-0.15, -0.1) is 12.4 Å². The minimum absolute atomic E-state index is 0. The Morgan fingerprint density at radius 3 is 2.22 bits per heavy atom. The molecule has 3 rings (SSSR count). The van der Waals surface area contributed by atoms with Gasteiger partial charge in [-0.25, -0.2) is 4.79 Å². The van der Waals surface area contributed by atoms with Gasteiger partial charge in [0.15, 0.2) is 0 Å². The molecule has 1 aliphatic rings. The van der Waals surface area contributed by atoms with E-state index in [9.17, 15) is 9.59 Å². The fraction of sp³-hybridized carbons (Fsp3) is 0.300. The Morgan fingerprint density at radius 2 is 1.52 bits per heavy atom. The second-order valence-corrected chi connectivity index (χ2v) is 6.55. The molecule has 0 heterocycles. The maximum Gasteiger partial charge on any atom is 0.323 e. The first kappa shape index (κ1) is 20.7. The van der Waals surface area contributed by atoms with Crippen LogP contribution in [0.4, 0.5) is 21.9 Å². The van der Waals surface area contributed by atoms with Crippen LogP contribution in [0.5, 0.6) is 0 Å². The predicted molar refractivity (Wildman–Crippen MR) is 111 cm³/mol. The average molecular weight is 389 g/mol. The molecule has 6 nitrogen and oxygen atoms in total. The van der Waals surface area contributed by atoms with Crippen molar-refractivity contribution in [3.8, 4) is 0 Å². The summed E-state index contributed by atoms with van der Waals surface area (Å²) in [5.41, 5.74) is 7.75. The molecule has 0 saturated heterocycles. The van der Waals surface area contributed by atoms with E-state index in [2.05, 4.69) is 16.0 Å². The average Bonchev–Trinajstić information content (AvgIpc) is 3.11. The number of benzene rings is 2. The van der Waals surface area contributed by atoms with Gasteiger partial charge in [0, 0.05) is 23.0 Å². The molecule has 3 amide bonds. The highest BCUT2D eigenvalue weighted by Crippen LogP contribution is 2.32. The molecule has 0 radical (unpaired) electrons. The Hall–Kier alpha value is -2.57. The van der Waals surface area contributed by atoms with Gasteiger partial charge >= 0.3 is 6.03 Å². The molecule has 27 heavy (non-hydrogen) atoms. The first-order valence-electron chi connectivity index (χ1n) is 8.90. The molecular formula is C20H25ClN4O2. The lowest BCUT2D eigenvalue weighted by molar-refractivity contribution is -0.120. The topological polar surface area (TPSA) is 96.2 Å². The van der Waals surface area contributed by atoms with Crippen LogP contribution in [0.15, 0.2) is 54.6 Å². The molecular weight excluding hydrogens is 364 g/mol. The number of urea groups is 1. The van der Waals surface area contributed by atoms with Crippen molar-refractivity contribution in [1.82, 2.24) is 0 Å². The third-order valence-corrected chi connectivity index (χ3v) is 4.72. The summed E-state index contributed by atoms with van der Waals surface area (Å²) < 4.78 is 0. The lowest BCUT2D eigenvalue weighted by atomic mass is 9.95. The molecule has 2 aromatic carbocycles. The van der Waals surface area contributed by atoms with Crippen LogP contribution in [0.2, 0.25) is 0 Å². The maximum atomic E-state index is 12.5. The Morgan fingerprint density at radius 1 is 0.889 bits per heavy atom.